The number of nitrogens with zero attached hydrogens (tertiary/aromatic N) is 2. The van der Waals surface area contributed by atoms with Gasteiger partial charge in [0.2, 0.25) is 0 Å². The third-order valence-corrected chi connectivity index (χ3v) is 3.87. The van der Waals surface area contributed by atoms with Gasteiger partial charge in [0.1, 0.15) is 10.0 Å². The van der Waals surface area contributed by atoms with E-state index in [-0.39, 0.29) is 0 Å². The average Bonchev–Trinajstić information content (AvgIpc) is 2.55. The SMILES string of the molecule is CSC1=NCCN(C)c2sccc21. The Balaban J connectivity index is 2.46. The van der Waals surface area contributed by atoms with Gasteiger partial charge < -0.3 is 4.90 Å². The molecule has 0 atom stereocenters. The smallest absolute Gasteiger partial charge is 0.101 e. The molecular weight excluding hydrogens is 200 g/mol. The molecule has 70 valence electrons. The number of likely N-dealkylation sites (N-methyl/N-ethyl adjacent to an activating group) is 1. The Morgan fingerprint density at radius 3 is 3.23 bits per heavy atom. The molecule has 0 aromatic carbocycles. The van der Waals surface area contributed by atoms with Crippen LogP contribution in [0.15, 0.2) is 16.4 Å². The van der Waals surface area contributed by atoms with Crippen LogP contribution in [0.4, 0.5) is 5.00 Å². The van der Waals surface area contributed by atoms with Gasteiger partial charge in [-0.25, -0.2) is 0 Å². The number of fused-ring (bicyclic) bond motifs is 1. The Hall–Kier alpha value is -0.480. The Kier molecular flexibility index (Phi) is 2.60. The van der Waals surface area contributed by atoms with Crippen molar-refractivity contribution >= 4 is 33.1 Å². The summed E-state index contributed by atoms with van der Waals surface area (Å²) in [5.41, 5.74) is 1.30. The summed E-state index contributed by atoms with van der Waals surface area (Å²) in [5.74, 6) is 0. The standard InChI is InChI=1S/C9H12N2S2/c1-11-5-4-10-8(12-2)7-3-6-13-9(7)11/h3,6H,4-5H2,1-2H3. The second-order valence-electron chi connectivity index (χ2n) is 2.95. The largest absolute Gasteiger partial charge is 0.364 e. The van der Waals surface area contributed by atoms with Crippen molar-refractivity contribution in [2.75, 3.05) is 31.3 Å². The Morgan fingerprint density at radius 1 is 1.62 bits per heavy atom. The first-order valence-electron chi connectivity index (χ1n) is 4.20. The summed E-state index contributed by atoms with van der Waals surface area (Å²) in [4.78, 5) is 6.83. The fraction of sp³-hybridized carbons (Fsp3) is 0.444. The quantitative estimate of drug-likeness (QED) is 0.656. The lowest BCUT2D eigenvalue weighted by molar-refractivity contribution is 0.905. The normalized spacial score (nSPS) is 16.5. The highest BCUT2D eigenvalue weighted by molar-refractivity contribution is 8.13. The van der Waals surface area contributed by atoms with Gasteiger partial charge in [0.05, 0.1) is 6.54 Å². The Labute approximate surface area is 86.7 Å². The van der Waals surface area contributed by atoms with Crippen LogP contribution in [0.25, 0.3) is 0 Å². The van der Waals surface area contributed by atoms with Gasteiger partial charge in [0.15, 0.2) is 0 Å². The zero-order valence-electron chi connectivity index (χ0n) is 7.78. The van der Waals surface area contributed by atoms with Crippen molar-refractivity contribution in [1.82, 2.24) is 0 Å². The van der Waals surface area contributed by atoms with Gasteiger partial charge in [-0.15, -0.1) is 23.1 Å². The van der Waals surface area contributed by atoms with Crippen molar-refractivity contribution in [1.29, 1.82) is 0 Å². The van der Waals surface area contributed by atoms with Gasteiger partial charge in [-0.1, -0.05) is 0 Å². The van der Waals surface area contributed by atoms with Gasteiger partial charge in [0.25, 0.3) is 0 Å². The molecule has 1 aliphatic heterocycles. The molecule has 4 heteroatoms. The van der Waals surface area contributed by atoms with E-state index in [0.29, 0.717) is 0 Å². The molecule has 0 N–H and O–H groups in total. The predicted molar refractivity (Wildman–Crippen MR) is 62.5 cm³/mol. The first kappa shape index (κ1) is 9.09. The molecule has 0 aliphatic carbocycles. The second kappa shape index (κ2) is 3.72. The molecule has 0 amide bonds. The molecule has 0 saturated heterocycles. The lowest BCUT2D eigenvalue weighted by atomic mass is 10.3. The minimum atomic E-state index is 0.911. The molecule has 13 heavy (non-hydrogen) atoms. The molecule has 0 radical (unpaired) electrons. The van der Waals surface area contributed by atoms with E-state index < -0.39 is 0 Å². The summed E-state index contributed by atoms with van der Waals surface area (Å²) in [6.45, 7) is 1.94. The minimum Gasteiger partial charge on any atom is -0.364 e. The predicted octanol–water partition coefficient (Wildman–Crippen LogP) is 2.31. The number of thiophene rings is 1. The highest BCUT2D eigenvalue weighted by atomic mass is 32.2. The van der Waals surface area contributed by atoms with E-state index in [2.05, 4.69) is 34.6 Å². The fourth-order valence-electron chi connectivity index (χ4n) is 1.42. The average molecular weight is 212 g/mol. The van der Waals surface area contributed by atoms with E-state index in [1.807, 2.05) is 0 Å². The van der Waals surface area contributed by atoms with Crippen molar-refractivity contribution in [3.63, 3.8) is 0 Å². The number of rotatable bonds is 0. The van der Waals surface area contributed by atoms with Crippen molar-refractivity contribution in [3.8, 4) is 0 Å². The first-order valence-corrected chi connectivity index (χ1v) is 6.31. The second-order valence-corrected chi connectivity index (χ2v) is 4.64. The highest BCUT2D eigenvalue weighted by Gasteiger charge is 2.16. The molecule has 2 heterocycles. The number of hydrogen-bond acceptors (Lipinski definition) is 4. The Morgan fingerprint density at radius 2 is 2.46 bits per heavy atom. The molecule has 2 nitrogen and oxygen atoms in total. The van der Waals surface area contributed by atoms with Crippen molar-refractivity contribution < 1.29 is 0 Å². The molecule has 2 rings (SSSR count). The van der Waals surface area contributed by atoms with Gasteiger partial charge in [-0.2, -0.15) is 0 Å². The zero-order chi connectivity index (χ0) is 9.26. The van der Waals surface area contributed by atoms with E-state index in [1.165, 1.54) is 15.6 Å². The summed E-state index contributed by atoms with van der Waals surface area (Å²) in [5, 5.41) is 4.67. The molecular formula is C9H12N2S2. The van der Waals surface area contributed by atoms with Gasteiger partial charge in [-0.05, 0) is 17.7 Å². The lowest BCUT2D eigenvalue weighted by Gasteiger charge is -2.14. The van der Waals surface area contributed by atoms with E-state index in [1.54, 1.807) is 23.1 Å². The maximum Gasteiger partial charge on any atom is 0.101 e. The van der Waals surface area contributed by atoms with Crippen LogP contribution in [0, 0.1) is 0 Å². The van der Waals surface area contributed by atoms with Gasteiger partial charge in [-0.3, -0.25) is 4.99 Å². The maximum atomic E-state index is 4.55. The molecule has 0 bridgehead atoms. The molecule has 0 unspecified atom stereocenters. The van der Waals surface area contributed by atoms with E-state index in [4.69, 9.17) is 0 Å². The Bertz CT molecular complexity index is 330. The third kappa shape index (κ3) is 1.60. The van der Waals surface area contributed by atoms with Crippen LogP contribution in [-0.2, 0) is 0 Å². The number of hydrogen-bond donors (Lipinski definition) is 0. The molecule has 1 aromatic heterocycles. The van der Waals surface area contributed by atoms with Crippen LogP contribution < -0.4 is 4.90 Å². The molecule has 0 fully saturated rings. The van der Waals surface area contributed by atoms with Crippen molar-refractivity contribution in [3.05, 3.63) is 17.0 Å². The van der Waals surface area contributed by atoms with Crippen LogP contribution in [0.2, 0.25) is 0 Å². The summed E-state index contributed by atoms with van der Waals surface area (Å²) in [6, 6.07) is 2.16. The highest BCUT2D eigenvalue weighted by Crippen LogP contribution is 2.31. The summed E-state index contributed by atoms with van der Waals surface area (Å²) < 4.78 is 0. The van der Waals surface area contributed by atoms with Crippen LogP contribution in [0.3, 0.4) is 0 Å². The summed E-state index contributed by atoms with van der Waals surface area (Å²) >= 11 is 3.54. The van der Waals surface area contributed by atoms with Crippen LogP contribution in [0.5, 0.6) is 0 Å². The van der Waals surface area contributed by atoms with Gasteiger partial charge >= 0.3 is 0 Å². The van der Waals surface area contributed by atoms with E-state index in [9.17, 15) is 0 Å². The maximum absolute atomic E-state index is 4.55. The first-order chi connectivity index (χ1) is 6.33. The zero-order valence-corrected chi connectivity index (χ0v) is 9.41. The van der Waals surface area contributed by atoms with E-state index in [0.717, 1.165) is 13.1 Å². The minimum absolute atomic E-state index is 0.911. The monoisotopic (exact) mass is 212 g/mol. The van der Waals surface area contributed by atoms with Crippen molar-refractivity contribution in [2.45, 2.75) is 0 Å². The topological polar surface area (TPSA) is 15.6 Å². The van der Waals surface area contributed by atoms with Crippen molar-refractivity contribution in [2.24, 2.45) is 4.99 Å². The van der Waals surface area contributed by atoms with Gasteiger partial charge in [0, 0.05) is 19.2 Å². The summed E-state index contributed by atoms with van der Waals surface area (Å²) in [6.07, 6.45) is 2.09. The fourth-order valence-corrected chi connectivity index (χ4v) is 2.99. The van der Waals surface area contributed by atoms with Crippen LogP contribution in [-0.4, -0.2) is 31.4 Å². The van der Waals surface area contributed by atoms with Crippen LogP contribution >= 0.6 is 23.1 Å². The molecule has 0 saturated carbocycles. The molecule has 0 spiro atoms. The summed E-state index contributed by atoms with van der Waals surface area (Å²) in [7, 11) is 2.13. The molecule has 1 aliphatic rings. The third-order valence-electron chi connectivity index (χ3n) is 2.11. The van der Waals surface area contributed by atoms with E-state index >= 15 is 0 Å². The van der Waals surface area contributed by atoms with Crippen LogP contribution in [0.1, 0.15) is 5.56 Å². The lowest BCUT2D eigenvalue weighted by Crippen LogP contribution is -2.18. The number of thioether (sulfide) groups is 1. The molecule has 1 aromatic rings. The number of anilines is 1. The number of aliphatic imine (C=N–C) groups is 1.